The van der Waals surface area contributed by atoms with Gasteiger partial charge in [0.25, 0.3) is 0 Å². The number of nitrogens with zero attached hydrogens (tertiary/aromatic N) is 3. The van der Waals surface area contributed by atoms with Gasteiger partial charge in [-0.05, 0) is 19.8 Å². The van der Waals surface area contributed by atoms with E-state index in [0.29, 0.717) is 18.6 Å². The molecular weight excluding hydrogens is 258 g/mol. The first kappa shape index (κ1) is 13.9. The minimum Gasteiger partial charge on any atom is -0.300 e. The van der Waals surface area contributed by atoms with Crippen molar-refractivity contribution >= 4 is 17.1 Å². The summed E-state index contributed by atoms with van der Waals surface area (Å²) in [5, 5.41) is 0. The molecule has 19 heavy (non-hydrogen) atoms. The van der Waals surface area contributed by atoms with E-state index in [-0.39, 0.29) is 0 Å². The molecule has 2 aromatic rings. The van der Waals surface area contributed by atoms with E-state index in [2.05, 4.69) is 4.98 Å². The van der Waals surface area contributed by atoms with Crippen LogP contribution in [0.4, 0.5) is 0 Å². The van der Waals surface area contributed by atoms with E-state index in [1.165, 1.54) is 4.88 Å². The van der Waals surface area contributed by atoms with Crippen LogP contribution in [0.1, 0.15) is 29.8 Å². The van der Waals surface area contributed by atoms with Gasteiger partial charge in [0.2, 0.25) is 6.33 Å². The molecule has 102 valence electrons. The number of rotatable bonds is 7. The molecule has 0 amide bonds. The molecular formula is C14H20N3OS+. The number of hydrogen-bond acceptors (Lipinski definition) is 3. The summed E-state index contributed by atoms with van der Waals surface area (Å²) in [5.74, 6) is 0.346. The van der Waals surface area contributed by atoms with Crippen LogP contribution >= 0.6 is 11.3 Å². The van der Waals surface area contributed by atoms with Gasteiger partial charge in [0.15, 0.2) is 0 Å². The molecule has 0 aliphatic heterocycles. The van der Waals surface area contributed by atoms with Crippen LogP contribution in [0.2, 0.25) is 0 Å². The van der Waals surface area contributed by atoms with Crippen LogP contribution in [-0.4, -0.2) is 15.3 Å². The molecule has 0 radical (unpaired) electrons. The van der Waals surface area contributed by atoms with Gasteiger partial charge < -0.3 is 0 Å². The van der Waals surface area contributed by atoms with Gasteiger partial charge in [-0.25, -0.2) is 14.1 Å². The highest BCUT2D eigenvalue weighted by Gasteiger charge is 2.07. The Kier molecular flexibility index (Phi) is 4.85. The zero-order chi connectivity index (χ0) is 13.7. The molecule has 0 bridgehead atoms. The standard InChI is InChI=1S/C14H20N3OS/c1-12-14(19-10-15-12)5-3-4-13(18)6-7-17-9-8-16(2)11-17/h8-11H,3-7H2,1-2H3/q+1. The summed E-state index contributed by atoms with van der Waals surface area (Å²) in [5.41, 5.74) is 2.98. The summed E-state index contributed by atoms with van der Waals surface area (Å²) in [6.45, 7) is 2.80. The average molecular weight is 278 g/mol. The number of aryl methyl sites for hydroxylation is 4. The first-order valence-electron chi connectivity index (χ1n) is 6.57. The fourth-order valence-electron chi connectivity index (χ4n) is 2.03. The maximum absolute atomic E-state index is 11.8. The third kappa shape index (κ3) is 4.28. The fourth-order valence-corrected chi connectivity index (χ4v) is 2.85. The van der Waals surface area contributed by atoms with Gasteiger partial charge >= 0.3 is 0 Å². The van der Waals surface area contributed by atoms with E-state index < -0.39 is 0 Å². The summed E-state index contributed by atoms with van der Waals surface area (Å²) in [6, 6.07) is 0. The predicted octanol–water partition coefficient (Wildman–Crippen LogP) is 2.06. The topological polar surface area (TPSA) is 38.8 Å². The molecule has 0 aliphatic rings. The van der Waals surface area contributed by atoms with Crippen LogP contribution in [0.3, 0.4) is 0 Å². The molecule has 4 nitrogen and oxygen atoms in total. The molecule has 0 saturated carbocycles. The summed E-state index contributed by atoms with van der Waals surface area (Å²) in [6.07, 6.45) is 9.17. The Morgan fingerprint density at radius 1 is 1.47 bits per heavy atom. The van der Waals surface area contributed by atoms with Gasteiger partial charge in [-0.3, -0.25) is 4.79 Å². The minimum atomic E-state index is 0.346. The molecule has 0 saturated heterocycles. The zero-order valence-corrected chi connectivity index (χ0v) is 12.3. The molecule has 2 heterocycles. The fraction of sp³-hybridized carbons (Fsp3) is 0.500. The monoisotopic (exact) mass is 278 g/mol. The van der Waals surface area contributed by atoms with Crippen molar-refractivity contribution < 1.29 is 9.36 Å². The quantitative estimate of drug-likeness (QED) is 0.727. The van der Waals surface area contributed by atoms with Crippen molar-refractivity contribution in [2.75, 3.05) is 0 Å². The lowest BCUT2D eigenvalue weighted by atomic mass is 10.1. The third-order valence-electron chi connectivity index (χ3n) is 3.18. The van der Waals surface area contributed by atoms with Gasteiger partial charge in [-0.15, -0.1) is 11.3 Å². The summed E-state index contributed by atoms with van der Waals surface area (Å²) in [4.78, 5) is 17.3. The summed E-state index contributed by atoms with van der Waals surface area (Å²) >= 11 is 1.68. The van der Waals surface area contributed by atoms with Crippen LogP contribution in [0.15, 0.2) is 24.2 Å². The van der Waals surface area contributed by atoms with E-state index in [0.717, 1.165) is 25.1 Å². The molecule has 2 aromatic heterocycles. The van der Waals surface area contributed by atoms with E-state index in [4.69, 9.17) is 0 Å². The normalized spacial score (nSPS) is 10.8. The number of ketones is 1. The van der Waals surface area contributed by atoms with Gasteiger partial charge in [0.05, 0.1) is 24.8 Å². The Morgan fingerprint density at radius 3 is 2.95 bits per heavy atom. The average Bonchev–Trinajstić information content (AvgIpc) is 2.96. The number of hydrogen-bond donors (Lipinski definition) is 0. The van der Waals surface area contributed by atoms with Crippen molar-refractivity contribution in [3.8, 4) is 0 Å². The number of Topliss-reactive ketones (excluding diaryl/α,β-unsaturated/α-hetero) is 1. The highest BCUT2D eigenvalue weighted by molar-refractivity contribution is 7.09. The zero-order valence-electron chi connectivity index (χ0n) is 11.5. The van der Waals surface area contributed by atoms with Crippen LogP contribution < -0.4 is 4.57 Å². The van der Waals surface area contributed by atoms with Crippen molar-refractivity contribution in [1.82, 2.24) is 9.55 Å². The lowest BCUT2D eigenvalue weighted by Gasteiger charge is -2.00. The van der Waals surface area contributed by atoms with Crippen molar-refractivity contribution in [1.29, 1.82) is 0 Å². The second kappa shape index (κ2) is 6.61. The Bertz CT molecular complexity index is 544. The van der Waals surface area contributed by atoms with Crippen molar-refractivity contribution in [2.45, 2.75) is 39.2 Å². The lowest BCUT2D eigenvalue weighted by Crippen LogP contribution is -2.23. The van der Waals surface area contributed by atoms with Gasteiger partial charge in [-0.2, -0.15) is 0 Å². The smallest absolute Gasteiger partial charge is 0.243 e. The van der Waals surface area contributed by atoms with Gasteiger partial charge in [0.1, 0.15) is 18.2 Å². The SMILES string of the molecule is Cc1ncsc1CCCC(=O)CCn1cc[n+](C)c1. The number of aromatic nitrogens is 3. The van der Waals surface area contributed by atoms with E-state index in [1.54, 1.807) is 11.3 Å². The Labute approximate surface area is 117 Å². The third-order valence-corrected chi connectivity index (χ3v) is 4.17. The summed E-state index contributed by atoms with van der Waals surface area (Å²) in [7, 11) is 1.98. The molecule has 2 rings (SSSR count). The van der Waals surface area contributed by atoms with Gasteiger partial charge in [-0.1, -0.05) is 0 Å². The van der Waals surface area contributed by atoms with Crippen LogP contribution in [0.5, 0.6) is 0 Å². The number of carbonyl (C=O) groups is 1. The van der Waals surface area contributed by atoms with Crippen molar-refractivity contribution in [3.63, 3.8) is 0 Å². The van der Waals surface area contributed by atoms with Crippen LogP contribution in [0, 0.1) is 6.92 Å². The first-order valence-corrected chi connectivity index (χ1v) is 7.45. The molecule has 5 heteroatoms. The Hall–Kier alpha value is -1.49. The van der Waals surface area contributed by atoms with Gasteiger partial charge in [0, 0.05) is 17.7 Å². The van der Waals surface area contributed by atoms with E-state index in [9.17, 15) is 4.79 Å². The van der Waals surface area contributed by atoms with Crippen LogP contribution in [0.25, 0.3) is 0 Å². The second-order valence-corrected chi connectivity index (χ2v) is 5.76. The van der Waals surface area contributed by atoms with E-state index in [1.807, 2.05) is 47.3 Å². The minimum absolute atomic E-state index is 0.346. The largest absolute Gasteiger partial charge is 0.300 e. The highest BCUT2D eigenvalue weighted by atomic mass is 32.1. The molecule has 0 fully saturated rings. The molecule has 0 atom stereocenters. The lowest BCUT2D eigenvalue weighted by molar-refractivity contribution is -0.671. The predicted molar refractivity (Wildman–Crippen MR) is 75.0 cm³/mol. The first-order chi connectivity index (χ1) is 9.15. The Morgan fingerprint density at radius 2 is 2.32 bits per heavy atom. The molecule has 0 unspecified atom stereocenters. The molecule has 0 N–H and O–H groups in total. The Balaban J connectivity index is 1.66. The van der Waals surface area contributed by atoms with Crippen LogP contribution in [-0.2, 0) is 24.8 Å². The highest BCUT2D eigenvalue weighted by Crippen LogP contribution is 2.15. The maximum atomic E-state index is 11.8. The molecule has 0 spiro atoms. The number of imidazole rings is 1. The molecule has 0 aliphatic carbocycles. The summed E-state index contributed by atoms with van der Waals surface area (Å²) < 4.78 is 4.03. The number of thiazole rings is 1. The maximum Gasteiger partial charge on any atom is 0.243 e. The number of carbonyl (C=O) groups excluding carboxylic acids is 1. The van der Waals surface area contributed by atoms with E-state index >= 15 is 0 Å². The second-order valence-electron chi connectivity index (χ2n) is 4.82. The van der Waals surface area contributed by atoms with Crippen molar-refractivity contribution in [3.05, 3.63) is 34.8 Å². The van der Waals surface area contributed by atoms with Crippen molar-refractivity contribution in [2.24, 2.45) is 7.05 Å². The molecule has 0 aromatic carbocycles.